The van der Waals surface area contributed by atoms with Crippen LogP contribution < -0.4 is 11.1 Å². The Bertz CT molecular complexity index is 430. The molecule has 0 radical (unpaired) electrons. The number of aromatic nitrogens is 4. The summed E-state index contributed by atoms with van der Waals surface area (Å²) in [6, 6.07) is 3.60. The molecule has 0 saturated carbocycles. The van der Waals surface area contributed by atoms with Gasteiger partial charge in [0.1, 0.15) is 12.1 Å². The first-order chi connectivity index (χ1) is 8.31. The van der Waals surface area contributed by atoms with E-state index in [0.717, 1.165) is 0 Å². The van der Waals surface area contributed by atoms with Crippen LogP contribution in [0.2, 0.25) is 0 Å². The summed E-state index contributed by atoms with van der Waals surface area (Å²) in [6.07, 6.45) is 1.44. The van der Waals surface area contributed by atoms with E-state index in [1.54, 1.807) is 12.1 Å². The zero-order valence-corrected chi connectivity index (χ0v) is 9.32. The highest BCUT2D eigenvalue weighted by atomic mass is 16.3. The standard InChI is InChI=1S/C7H9N5O.C2H7NO/c13-4-3-8-6-1-2-7-9-5-10-12(7)11-6;3-1-2-4/h1-2,5,13H,3-4H2,(H,8,11);4H,1-3H2. The molecule has 2 heterocycles. The molecule has 0 aliphatic rings. The summed E-state index contributed by atoms with van der Waals surface area (Å²) < 4.78 is 1.43. The van der Waals surface area contributed by atoms with E-state index >= 15 is 0 Å². The summed E-state index contributed by atoms with van der Waals surface area (Å²) in [7, 11) is 0. The molecule has 0 atom stereocenters. The average molecular weight is 240 g/mol. The fourth-order valence-electron chi connectivity index (χ4n) is 0.999. The Hall–Kier alpha value is -1.77. The topological polar surface area (TPSA) is 122 Å². The van der Waals surface area contributed by atoms with E-state index in [4.69, 9.17) is 15.9 Å². The highest BCUT2D eigenvalue weighted by molar-refractivity contribution is 5.42. The molecule has 17 heavy (non-hydrogen) atoms. The van der Waals surface area contributed by atoms with E-state index < -0.39 is 0 Å². The molecule has 2 rings (SSSR count). The lowest BCUT2D eigenvalue weighted by Crippen LogP contribution is -2.08. The number of nitrogens with two attached hydrogens (primary N) is 1. The maximum Gasteiger partial charge on any atom is 0.176 e. The van der Waals surface area contributed by atoms with E-state index in [1.807, 2.05) is 0 Å². The molecule has 0 aliphatic heterocycles. The Morgan fingerprint density at radius 1 is 1.29 bits per heavy atom. The number of hydrogen-bond donors (Lipinski definition) is 4. The molecule has 2 aromatic rings. The van der Waals surface area contributed by atoms with Crippen LogP contribution in [-0.2, 0) is 0 Å². The van der Waals surface area contributed by atoms with Crippen molar-refractivity contribution in [2.45, 2.75) is 0 Å². The van der Waals surface area contributed by atoms with Crippen molar-refractivity contribution in [2.24, 2.45) is 5.73 Å². The van der Waals surface area contributed by atoms with Crippen LogP contribution in [0.15, 0.2) is 18.5 Å². The summed E-state index contributed by atoms with van der Waals surface area (Å²) >= 11 is 0. The lowest BCUT2D eigenvalue weighted by molar-refractivity contribution is 0.306. The zero-order valence-electron chi connectivity index (χ0n) is 9.32. The van der Waals surface area contributed by atoms with E-state index in [-0.39, 0.29) is 13.2 Å². The second kappa shape index (κ2) is 7.49. The van der Waals surface area contributed by atoms with Crippen molar-refractivity contribution in [3.63, 3.8) is 0 Å². The van der Waals surface area contributed by atoms with Gasteiger partial charge >= 0.3 is 0 Å². The van der Waals surface area contributed by atoms with Crippen LogP contribution in [0.3, 0.4) is 0 Å². The zero-order chi connectivity index (χ0) is 12.5. The second-order valence-electron chi connectivity index (χ2n) is 2.99. The molecule has 8 heteroatoms. The van der Waals surface area contributed by atoms with Crippen molar-refractivity contribution in [1.29, 1.82) is 0 Å². The van der Waals surface area contributed by atoms with Gasteiger partial charge in [0.25, 0.3) is 0 Å². The number of fused-ring (bicyclic) bond motifs is 1. The molecule has 5 N–H and O–H groups in total. The van der Waals surface area contributed by atoms with Crippen molar-refractivity contribution in [1.82, 2.24) is 19.8 Å². The largest absolute Gasteiger partial charge is 0.395 e. The third-order valence-electron chi connectivity index (χ3n) is 1.70. The summed E-state index contributed by atoms with van der Waals surface area (Å²) in [6.45, 7) is 1.03. The summed E-state index contributed by atoms with van der Waals surface area (Å²) in [5, 5.41) is 27.2. The average Bonchev–Trinajstić information content (AvgIpc) is 2.84. The van der Waals surface area contributed by atoms with Crippen LogP contribution in [0.1, 0.15) is 0 Å². The number of nitrogens with zero attached hydrogens (tertiary/aromatic N) is 4. The van der Waals surface area contributed by atoms with E-state index in [1.165, 1.54) is 11.0 Å². The Balaban J connectivity index is 0.000000317. The number of nitrogens with one attached hydrogen (secondary N) is 1. The smallest absolute Gasteiger partial charge is 0.176 e. The van der Waals surface area contributed by atoms with Gasteiger partial charge in [-0.3, -0.25) is 0 Å². The molecule has 0 aromatic carbocycles. The maximum absolute atomic E-state index is 8.58. The molecular formula is C9H16N6O2. The van der Waals surface area contributed by atoms with Gasteiger partial charge in [-0.2, -0.15) is 0 Å². The third kappa shape index (κ3) is 4.31. The Kier molecular flexibility index (Phi) is 5.86. The highest BCUT2D eigenvalue weighted by Gasteiger charge is 1.97. The highest BCUT2D eigenvalue weighted by Crippen LogP contribution is 2.02. The fourth-order valence-corrected chi connectivity index (χ4v) is 0.999. The van der Waals surface area contributed by atoms with Gasteiger partial charge in [0.2, 0.25) is 0 Å². The van der Waals surface area contributed by atoms with Gasteiger partial charge < -0.3 is 21.3 Å². The molecule has 0 aliphatic carbocycles. The Morgan fingerprint density at radius 2 is 2.06 bits per heavy atom. The molecule has 8 nitrogen and oxygen atoms in total. The minimum absolute atomic E-state index is 0.0804. The van der Waals surface area contributed by atoms with E-state index in [9.17, 15) is 0 Å². The van der Waals surface area contributed by atoms with Gasteiger partial charge in [-0.15, -0.1) is 14.8 Å². The summed E-state index contributed by atoms with van der Waals surface area (Å²) in [5.74, 6) is 0.673. The van der Waals surface area contributed by atoms with Crippen molar-refractivity contribution in [3.8, 4) is 0 Å². The van der Waals surface area contributed by atoms with Crippen molar-refractivity contribution >= 4 is 11.5 Å². The van der Waals surface area contributed by atoms with Crippen LogP contribution >= 0.6 is 0 Å². The van der Waals surface area contributed by atoms with Gasteiger partial charge in [-0.05, 0) is 12.1 Å². The fraction of sp³-hybridized carbons (Fsp3) is 0.444. The molecule has 0 bridgehead atoms. The number of rotatable bonds is 4. The van der Waals surface area contributed by atoms with Gasteiger partial charge in [-0.1, -0.05) is 0 Å². The molecule has 0 spiro atoms. The maximum atomic E-state index is 8.58. The molecular weight excluding hydrogens is 224 g/mol. The number of aliphatic hydroxyl groups is 2. The molecule has 0 saturated heterocycles. The SMILES string of the molecule is NCCO.OCCNc1ccc2ncnn2n1. The Labute approximate surface area is 98.1 Å². The normalized spacial score (nSPS) is 9.82. The second-order valence-corrected chi connectivity index (χ2v) is 2.99. The molecule has 2 aromatic heterocycles. The molecule has 0 fully saturated rings. The first-order valence-corrected chi connectivity index (χ1v) is 5.14. The first kappa shape index (κ1) is 13.3. The third-order valence-corrected chi connectivity index (χ3v) is 1.70. The van der Waals surface area contributed by atoms with Crippen LogP contribution in [0.25, 0.3) is 5.65 Å². The van der Waals surface area contributed by atoms with Crippen molar-refractivity contribution in [3.05, 3.63) is 18.5 Å². The minimum atomic E-state index is 0.0804. The molecule has 0 unspecified atom stereocenters. The van der Waals surface area contributed by atoms with Gasteiger partial charge in [-0.25, -0.2) is 4.98 Å². The van der Waals surface area contributed by atoms with Crippen LogP contribution in [-0.4, -0.2) is 56.3 Å². The first-order valence-electron chi connectivity index (χ1n) is 5.14. The lowest BCUT2D eigenvalue weighted by atomic mass is 10.5. The van der Waals surface area contributed by atoms with Gasteiger partial charge in [0.05, 0.1) is 13.2 Å². The van der Waals surface area contributed by atoms with Gasteiger partial charge in [0.15, 0.2) is 5.65 Å². The van der Waals surface area contributed by atoms with Crippen molar-refractivity contribution < 1.29 is 10.2 Å². The predicted octanol–water partition coefficient (Wildman–Crippen LogP) is -1.53. The van der Waals surface area contributed by atoms with E-state index in [2.05, 4.69) is 20.5 Å². The van der Waals surface area contributed by atoms with Crippen LogP contribution in [0.5, 0.6) is 0 Å². The van der Waals surface area contributed by atoms with Gasteiger partial charge in [0, 0.05) is 13.1 Å². The number of anilines is 1. The Morgan fingerprint density at radius 3 is 2.71 bits per heavy atom. The number of hydrogen-bond acceptors (Lipinski definition) is 7. The summed E-state index contributed by atoms with van der Waals surface area (Å²) in [4.78, 5) is 3.95. The summed E-state index contributed by atoms with van der Waals surface area (Å²) in [5.41, 5.74) is 5.48. The van der Waals surface area contributed by atoms with Crippen LogP contribution in [0, 0.1) is 0 Å². The number of aliphatic hydroxyl groups excluding tert-OH is 2. The van der Waals surface area contributed by atoms with E-state index in [0.29, 0.717) is 24.6 Å². The molecule has 0 amide bonds. The van der Waals surface area contributed by atoms with Crippen molar-refractivity contribution in [2.75, 3.05) is 31.6 Å². The lowest BCUT2D eigenvalue weighted by Gasteiger charge is -2.01. The quantitative estimate of drug-likeness (QED) is 0.511. The van der Waals surface area contributed by atoms with Crippen LogP contribution in [0.4, 0.5) is 5.82 Å². The monoisotopic (exact) mass is 240 g/mol. The molecule has 94 valence electrons. The minimum Gasteiger partial charge on any atom is -0.395 e. The predicted molar refractivity (Wildman–Crippen MR) is 62.5 cm³/mol.